The third kappa shape index (κ3) is 4.72. The van der Waals surface area contributed by atoms with E-state index in [9.17, 15) is 19.7 Å². The number of anilines is 1. The van der Waals surface area contributed by atoms with Gasteiger partial charge in [-0.05, 0) is 47.2 Å². The summed E-state index contributed by atoms with van der Waals surface area (Å²) in [5.74, 6) is -2.02. The number of halogens is 1. The largest absolute Gasteiger partial charge is 0.478 e. The molecule has 0 fully saturated rings. The van der Waals surface area contributed by atoms with E-state index in [1.807, 2.05) is 13.0 Å². The second-order valence-corrected chi connectivity index (χ2v) is 7.31. The number of amides is 1. The van der Waals surface area contributed by atoms with Gasteiger partial charge >= 0.3 is 5.97 Å². The first kappa shape index (κ1) is 21.2. The van der Waals surface area contributed by atoms with Crippen molar-refractivity contribution in [2.45, 2.75) is 12.1 Å². The molecular weight excluding hydrogens is 436 g/mol. The Hall–Kier alpha value is -3.51. The van der Waals surface area contributed by atoms with E-state index in [2.05, 4.69) is 20.8 Å². The van der Waals surface area contributed by atoms with Crippen molar-refractivity contribution in [1.29, 1.82) is 0 Å². The molecule has 3 aromatic rings. The van der Waals surface area contributed by atoms with Gasteiger partial charge in [0, 0.05) is 6.07 Å². The molecule has 1 heterocycles. The Kier molecular flexibility index (Phi) is 6.28. The summed E-state index contributed by atoms with van der Waals surface area (Å²) in [5.41, 5.74) is 0.598. The molecule has 11 nitrogen and oxygen atoms in total. The number of hydrogen-bond donors (Lipinski definition) is 2. The van der Waals surface area contributed by atoms with Crippen LogP contribution in [-0.2, 0) is 4.79 Å². The molecule has 0 saturated carbocycles. The quantitative estimate of drug-likeness (QED) is 0.315. The molecule has 0 aliphatic heterocycles. The second-order valence-electron chi connectivity index (χ2n) is 5.96. The van der Waals surface area contributed by atoms with Crippen molar-refractivity contribution >= 4 is 46.6 Å². The van der Waals surface area contributed by atoms with E-state index in [0.29, 0.717) is 15.9 Å². The molecule has 154 valence electrons. The number of carbonyl (C=O) groups is 2. The number of nitrogens with one attached hydrogen (secondary N) is 1. The van der Waals surface area contributed by atoms with Crippen LogP contribution in [0.2, 0.25) is 5.02 Å². The Balaban J connectivity index is 1.73. The maximum atomic E-state index is 12.3. The van der Waals surface area contributed by atoms with Crippen LogP contribution in [0.3, 0.4) is 0 Å². The SMILES string of the molecule is Cc1ccc(-n2nnnc2SCC(=O)Nc2ccc(C(=O)O)cc2[N+](=O)[O-])c(Cl)c1. The van der Waals surface area contributed by atoms with E-state index >= 15 is 0 Å². The predicted octanol–water partition coefficient (Wildman–Crippen LogP) is 2.96. The molecule has 13 heteroatoms. The monoisotopic (exact) mass is 448 g/mol. The van der Waals surface area contributed by atoms with Crippen molar-refractivity contribution in [2.75, 3.05) is 11.1 Å². The molecule has 0 radical (unpaired) electrons. The first-order valence-electron chi connectivity index (χ1n) is 8.25. The van der Waals surface area contributed by atoms with Crippen molar-refractivity contribution < 1.29 is 19.6 Å². The number of aromatic nitrogens is 4. The van der Waals surface area contributed by atoms with E-state index < -0.39 is 22.5 Å². The van der Waals surface area contributed by atoms with Gasteiger partial charge in [0.15, 0.2) is 0 Å². The van der Waals surface area contributed by atoms with Gasteiger partial charge in [-0.1, -0.05) is 29.4 Å². The summed E-state index contributed by atoms with van der Waals surface area (Å²) < 4.78 is 1.38. The van der Waals surface area contributed by atoms with Gasteiger partial charge in [0.1, 0.15) is 5.69 Å². The number of thioether (sulfide) groups is 1. The van der Waals surface area contributed by atoms with Gasteiger partial charge in [-0.25, -0.2) is 4.79 Å². The molecule has 0 aliphatic rings. The zero-order chi connectivity index (χ0) is 21.8. The number of nitrogens with zero attached hydrogens (tertiary/aromatic N) is 5. The van der Waals surface area contributed by atoms with Crippen LogP contribution in [0.25, 0.3) is 5.69 Å². The predicted molar refractivity (Wildman–Crippen MR) is 108 cm³/mol. The van der Waals surface area contributed by atoms with Crippen molar-refractivity contribution in [3.63, 3.8) is 0 Å². The number of hydrogen-bond acceptors (Lipinski definition) is 8. The molecule has 0 spiro atoms. The average Bonchev–Trinajstić information content (AvgIpc) is 3.14. The fraction of sp³-hybridized carbons (Fsp3) is 0.118. The summed E-state index contributed by atoms with van der Waals surface area (Å²) in [6.45, 7) is 1.89. The third-order valence-electron chi connectivity index (χ3n) is 3.82. The second kappa shape index (κ2) is 8.88. The van der Waals surface area contributed by atoms with Crippen LogP contribution in [0, 0.1) is 17.0 Å². The summed E-state index contributed by atoms with van der Waals surface area (Å²) in [6, 6.07) is 8.54. The highest BCUT2D eigenvalue weighted by Crippen LogP contribution is 2.27. The summed E-state index contributed by atoms with van der Waals surface area (Å²) >= 11 is 7.24. The lowest BCUT2D eigenvalue weighted by Crippen LogP contribution is -2.16. The first-order valence-corrected chi connectivity index (χ1v) is 9.62. The topological polar surface area (TPSA) is 153 Å². The number of carbonyl (C=O) groups excluding carboxylic acids is 1. The van der Waals surface area contributed by atoms with Crippen LogP contribution >= 0.6 is 23.4 Å². The minimum absolute atomic E-state index is 0.114. The minimum Gasteiger partial charge on any atom is -0.478 e. The van der Waals surface area contributed by atoms with E-state index in [4.69, 9.17) is 16.7 Å². The number of nitro groups is 1. The first-order chi connectivity index (χ1) is 14.3. The molecule has 0 bridgehead atoms. The highest BCUT2D eigenvalue weighted by Gasteiger charge is 2.20. The summed E-state index contributed by atoms with van der Waals surface area (Å²) in [4.78, 5) is 33.7. The number of benzene rings is 2. The van der Waals surface area contributed by atoms with Gasteiger partial charge in [0.25, 0.3) is 5.69 Å². The Bertz CT molecular complexity index is 1150. The average molecular weight is 449 g/mol. The van der Waals surface area contributed by atoms with E-state index in [1.165, 1.54) is 10.7 Å². The minimum atomic E-state index is -1.31. The molecule has 2 N–H and O–H groups in total. The Morgan fingerprint density at radius 1 is 1.30 bits per heavy atom. The molecule has 30 heavy (non-hydrogen) atoms. The molecule has 2 aromatic carbocycles. The van der Waals surface area contributed by atoms with Crippen molar-refractivity contribution in [3.8, 4) is 5.69 Å². The number of rotatable bonds is 7. The smallest absolute Gasteiger partial charge is 0.335 e. The zero-order valence-electron chi connectivity index (χ0n) is 15.3. The molecule has 1 amide bonds. The lowest BCUT2D eigenvalue weighted by Gasteiger charge is -2.08. The number of tetrazole rings is 1. The molecular formula is C17H13ClN6O5S. The highest BCUT2D eigenvalue weighted by atomic mass is 35.5. The van der Waals surface area contributed by atoms with Crippen molar-refractivity contribution in [2.24, 2.45) is 0 Å². The third-order valence-corrected chi connectivity index (χ3v) is 5.04. The molecule has 0 unspecified atom stereocenters. The van der Waals surface area contributed by atoms with E-state index in [1.54, 1.807) is 12.1 Å². The van der Waals surface area contributed by atoms with E-state index in [0.717, 1.165) is 29.5 Å². The van der Waals surface area contributed by atoms with Crippen LogP contribution in [-0.4, -0.2) is 47.9 Å². The molecule has 3 rings (SSSR count). The van der Waals surface area contributed by atoms with Crippen molar-refractivity contribution in [1.82, 2.24) is 20.2 Å². The van der Waals surface area contributed by atoms with Crippen molar-refractivity contribution in [3.05, 3.63) is 62.7 Å². The number of carboxylic acids is 1. The highest BCUT2D eigenvalue weighted by molar-refractivity contribution is 7.99. The molecule has 1 aromatic heterocycles. The van der Waals surface area contributed by atoms with E-state index in [-0.39, 0.29) is 17.0 Å². The van der Waals surface area contributed by atoms with Crippen LogP contribution in [0.4, 0.5) is 11.4 Å². The number of carboxylic acid groups (broad SMARTS) is 1. The lowest BCUT2D eigenvalue weighted by molar-refractivity contribution is -0.384. The molecule has 0 aliphatic carbocycles. The lowest BCUT2D eigenvalue weighted by atomic mass is 10.1. The van der Waals surface area contributed by atoms with Crippen LogP contribution in [0.1, 0.15) is 15.9 Å². The summed E-state index contributed by atoms with van der Waals surface area (Å²) in [7, 11) is 0. The normalized spacial score (nSPS) is 10.6. The maximum absolute atomic E-state index is 12.3. The van der Waals surface area contributed by atoms with Gasteiger partial charge in [0.2, 0.25) is 11.1 Å². The number of nitro benzene ring substituents is 1. The molecule has 0 saturated heterocycles. The fourth-order valence-electron chi connectivity index (χ4n) is 2.44. The van der Waals surface area contributed by atoms with Gasteiger partial charge in [0.05, 0.1) is 26.9 Å². The molecule has 0 atom stereocenters. The zero-order valence-corrected chi connectivity index (χ0v) is 16.8. The fourth-order valence-corrected chi connectivity index (χ4v) is 3.44. The van der Waals surface area contributed by atoms with Gasteiger partial charge in [-0.2, -0.15) is 4.68 Å². The number of aromatic carboxylic acids is 1. The number of aryl methyl sites for hydroxylation is 1. The Morgan fingerprint density at radius 2 is 2.07 bits per heavy atom. The van der Waals surface area contributed by atoms with Crippen LogP contribution < -0.4 is 5.32 Å². The maximum Gasteiger partial charge on any atom is 0.335 e. The standard InChI is InChI=1S/C17H13ClN6O5S/c1-9-2-5-13(11(18)6-9)23-17(20-21-22-23)30-8-15(25)19-12-4-3-10(16(26)27)7-14(12)24(28)29/h2-7H,8H2,1H3,(H,19,25)(H,26,27). The Morgan fingerprint density at radius 3 is 2.73 bits per heavy atom. The Labute approximate surface area is 178 Å². The van der Waals surface area contributed by atoms with Gasteiger partial charge in [-0.15, -0.1) is 5.10 Å². The summed E-state index contributed by atoms with van der Waals surface area (Å²) in [5, 5.41) is 34.6. The van der Waals surface area contributed by atoms with Gasteiger partial charge in [-0.3, -0.25) is 14.9 Å². The van der Waals surface area contributed by atoms with Gasteiger partial charge < -0.3 is 10.4 Å². The van der Waals surface area contributed by atoms with Crippen LogP contribution in [0.15, 0.2) is 41.6 Å². The summed E-state index contributed by atoms with van der Waals surface area (Å²) in [6.07, 6.45) is 0. The van der Waals surface area contributed by atoms with Crippen LogP contribution in [0.5, 0.6) is 0 Å².